The summed E-state index contributed by atoms with van der Waals surface area (Å²) in [5.41, 5.74) is 0.304. The van der Waals surface area contributed by atoms with Gasteiger partial charge < -0.3 is 19.4 Å². The molecule has 2 rings (SSSR count). The number of pyridine rings is 1. The first-order chi connectivity index (χ1) is 11.9. The molecule has 136 valence electrons. The van der Waals surface area contributed by atoms with Crippen molar-refractivity contribution in [3.8, 4) is 11.5 Å². The Labute approximate surface area is 147 Å². The molecule has 0 fully saturated rings. The molecule has 0 unspecified atom stereocenters. The Kier molecular flexibility index (Phi) is 6.07. The van der Waals surface area contributed by atoms with Crippen LogP contribution in [-0.4, -0.2) is 31.2 Å². The first-order valence-corrected chi connectivity index (χ1v) is 8.50. The van der Waals surface area contributed by atoms with Gasteiger partial charge in [0, 0.05) is 24.7 Å². The van der Waals surface area contributed by atoms with E-state index >= 15 is 0 Å². The second kappa shape index (κ2) is 8.05. The average Bonchev–Trinajstić information content (AvgIpc) is 2.60. The van der Waals surface area contributed by atoms with E-state index < -0.39 is 0 Å². The minimum atomic E-state index is -0.194. The SMILES string of the molecule is CCn1cc(C(=O)NCCC(C)C)c2cc(OC)c(OC)cc2c1=O. The summed E-state index contributed by atoms with van der Waals surface area (Å²) in [6, 6.07) is 3.32. The van der Waals surface area contributed by atoms with Crippen LogP contribution in [0.3, 0.4) is 0 Å². The minimum absolute atomic E-state index is 0.155. The number of amides is 1. The van der Waals surface area contributed by atoms with Gasteiger partial charge in [0.05, 0.1) is 25.2 Å². The summed E-state index contributed by atoms with van der Waals surface area (Å²) < 4.78 is 12.1. The lowest BCUT2D eigenvalue weighted by atomic mass is 10.1. The molecule has 1 N–H and O–H groups in total. The third kappa shape index (κ3) is 3.95. The van der Waals surface area contributed by atoms with Crippen LogP contribution in [0.4, 0.5) is 0 Å². The van der Waals surface area contributed by atoms with E-state index in [4.69, 9.17) is 9.47 Å². The van der Waals surface area contributed by atoms with Crippen LogP contribution in [0.25, 0.3) is 10.8 Å². The molecule has 0 radical (unpaired) electrons. The van der Waals surface area contributed by atoms with Gasteiger partial charge >= 0.3 is 0 Å². The van der Waals surface area contributed by atoms with Crippen LogP contribution in [0.15, 0.2) is 23.1 Å². The average molecular weight is 346 g/mol. The maximum atomic E-state index is 12.7. The molecule has 1 aromatic carbocycles. The summed E-state index contributed by atoms with van der Waals surface area (Å²) in [7, 11) is 3.05. The molecule has 0 bridgehead atoms. The summed E-state index contributed by atoms with van der Waals surface area (Å²) in [4.78, 5) is 25.3. The number of methoxy groups -OCH3 is 2. The second-order valence-corrected chi connectivity index (χ2v) is 6.33. The lowest BCUT2D eigenvalue weighted by Crippen LogP contribution is -2.28. The van der Waals surface area contributed by atoms with Crippen molar-refractivity contribution in [2.24, 2.45) is 5.92 Å². The Morgan fingerprint density at radius 3 is 2.28 bits per heavy atom. The zero-order valence-electron chi connectivity index (χ0n) is 15.5. The van der Waals surface area contributed by atoms with Crippen molar-refractivity contribution < 1.29 is 14.3 Å². The van der Waals surface area contributed by atoms with Crippen molar-refractivity contribution in [2.75, 3.05) is 20.8 Å². The first kappa shape index (κ1) is 18.8. The predicted octanol–water partition coefficient (Wildman–Crippen LogP) is 2.81. The van der Waals surface area contributed by atoms with E-state index in [9.17, 15) is 9.59 Å². The van der Waals surface area contributed by atoms with Gasteiger partial charge in [-0.2, -0.15) is 0 Å². The number of nitrogens with one attached hydrogen (secondary N) is 1. The third-order valence-corrected chi connectivity index (χ3v) is 4.18. The minimum Gasteiger partial charge on any atom is -0.493 e. The molecular formula is C19H26N2O4. The molecule has 6 nitrogen and oxygen atoms in total. The molecule has 0 saturated carbocycles. The number of carbonyl (C=O) groups excluding carboxylic acids is 1. The van der Waals surface area contributed by atoms with Gasteiger partial charge in [-0.15, -0.1) is 0 Å². The quantitative estimate of drug-likeness (QED) is 0.837. The van der Waals surface area contributed by atoms with Gasteiger partial charge in [-0.25, -0.2) is 0 Å². The Bertz CT molecular complexity index is 824. The van der Waals surface area contributed by atoms with Crippen molar-refractivity contribution >= 4 is 16.7 Å². The van der Waals surface area contributed by atoms with Gasteiger partial charge in [0.1, 0.15) is 0 Å². The highest BCUT2D eigenvalue weighted by Gasteiger charge is 2.17. The number of aromatic nitrogens is 1. The van der Waals surface area contributed by atoms with Gasteiger partial charge in [-0.05, 0) is 31.4 Å². The van der Waals surface area contributed by atoms with Crippen LogP contribution < -0.4 is 20.3 Å². The molecule has 6 heteroatoms. The van der Waals surface area contributed by atoms with Crippen molar-refractivity contribution in [3.05, 3.63) is 34.2 Å². The fraction of sp³-hybridized carbons (Fsp3) is 0.474. The molecule has 1 amide bonds. The van der Waals surface area contributed by atoms with E-state index in [2.05, 4.69) is 19.2 Å². The second-order valence-electron chi connectivity index (χ2n) is 6.33. The van der Waals surface area contributed by atoms with E-state index in [1.54, 1.807) is 18.3 Å². The molecule has 25 heavy (non-hydrogen) atoms. The number of hydrogen-bond acceptors (Lipinski definition) is 4. The molecule has 2 aromatic rings. The number of carbonyl (C=O) groups is 1. The first-order valence-electron chi connectivity index (χ1n) is 8.50. The summed E-state index contributed by atoms with van der Waals surface area (Å²) in [6.07, 6.45) is 2.51. The number of ether oxygens (including phenoxy) is 2. The Balaban J connectivity index is 2.59. The van der Waals surface area contributed by atoms with Crippen LogP contribution in [0.5, 0.6) is 11.5 Å². The number of benzene rings is 1. The van der Waals surface area contributed by atoms with Crippen molar-refractivity contribution in [1.29, 1.82) is 0 Å². The summed E-state index contributed by atoms with van der Waals surface area (Å²) in [5, 5.41) is 3.94. The molecule has 1 aromatic heterocycles. The van der Waals surface area contributed by atoms with E-state index in [0.717, 1.165) is 6.42 Å². The van der Waals surface area contributed by atoms with Gasteiger partial charge in [-0.3, -0.25) is 9.59 Å². The molecule has 0 aliphatic rings. The van der Waals surface area contributed by atoms with Crippen molar-refractivity contribution in [2.45, 2.75) is 33.7 Å². The highest BCUT2D eigenvalue weighted by atomic mass is 16.5. The van der Waals surface area contributed by atoms with Crippen LogP contribution in [0.1, 0.15) is 37.6 Å². The van der Waals surface area contributed by atoms with Gasteiger partial charge in [-0.1, -0.05) is 13.8 Å². The lowest BCUT2D eigenvalue weighted by Gasteiger charge is -2.14. The monoisotopic (exact) mass is 346 g/mol. The summed E-state index contributed by atoms with van der Waals surface area (Å²) >= 11 is 0. The maximum absolute atomic E-state index is 12.7. The number of rotatable bonds is 7. The summed E-state index contributed by atoms with van der Waals surface area (Å²) in [6.45, 7) is 7.16. The molecule has 0 atom stereocenters. The standard InChI is InChI=1S/C19H26N2O4/c1-6-21-11-15(18(22)20-8-7-12(2)3)13-9-16(24-4)17(25-5)10-14(13)19(21)23/h9-12H,6-8H2,1-5H3,(H,20,22). The van der Waals surface area contributed by atoms with E-state index in [-0.39, 0.29) is 11.5 Å². The predicted molar refractivity (Wildman–Crippen MR) is 98.8 cm³/mol. The van der Waals surface area contributed by atoms with E-state index in [1.807, 2.05) is 6.92 Å². The molecular weight excluding hydrogens is 320 g/mol. The number of aryl methyl sites for hydroxylation is 1. The van der Waals surface area contributed by atoms with Crippen LogP contribution in [-0.2, 0) is 6.54 Å². The Hall–Kier alpha value is -2.50. The molecule has 1 heterocycles. The smallest absolute Gasteiger partial charge is 0.258 e. The summed E-state index contributed by atoms with van der Waals surface area (Å²) in [5.74, 6) is 1.26. The highest BCUT2D eigenvalue weighted by molar-refractivity contribution is 6.07. The zero-order chi connectivity index (χ0) is 18.6. The normalized spacial score (nSPS) is 11.0. The molecule has 0 spiro atoms. The fourth-order valence-electron chi connectivity index (χ4n) is 2.70. The fourth-order valence-corrected chi connectivity index (χ4v) is 2.70. The number of fused-ring (bicyclic) bond motifs is 1. The lowest BCUT2D eigenvalue weighted by molar-refractivity contribution is 0.0953. The number of hydrogen-bond donors (Lipinski definition) is 1. The van der Waals surface area contributed by atoms with Crippen LogP contribution in [0, 0.1) is 5.92 Å². The maximum Gasteiger partial charge on any atom is 0.258 e. The topological polar surface area (TPSA) is 69.6 Å². The number of nitrogens with zero attached hydrogens (tertiary/aromatic N) is 1. The van der Waals surface area contributed by atoms with Crippen LogP contribution in [0.2, 0.25) is 0 Å². The zero-order valence-corrected chi connectivity index (χ0v) is 15.5. The Morgan fingerprint density at radius 2 is 1.76 bits per heavy atom. The largest absolute Gasteiger partial charge is 0.493 e. The van der Waals surface area contributed by atoms with Gasteiger partial charge in [0.15, 0.2) is 11.5 Å². The van der Waals surface area contributed by atoms with Crippen molar-refractivity contribution in [1.82, 2.24) is 9.88 Å². The van der Waals surface area contributed by atoms with Crippen molar-refractivity contribution in [3.63, 3.8) is 0 Å². The molecule has 0 aliphatic heterocycles. The Morgan fingerprint density at radius 1 is 1.16 bits per heavy atom. The van der Waals surface area contributed by atoms with Gasteiger partial charge in [0.2, 0.25) is 0 Å². The van der Waals surface area contributed by atoms with Crippen LogP contribution >= 0.6 is 0 Å². The molecule has 0 saturated heterocycles. The highest BCUT2D eigenvalue weighted by Crippen LogP contribution is 2.32. The molecule has 0 aliphatic carbocycles. The van der Waals surface area contributed by atoms with Gasteiger partial charge in [0.25, 0.3) is 11.5 Å². The van der Waals surface area contributed by atoms with E-state index in [1.165, 1.54) is 18.8 Å². The van der Waals surface area contributed by atoms with E-state index in [0.29, 0.717) is 46.8 Å². The third-order valence-electron chi connectivity index (χ3n) is 4.18.